The van der Waals surface area contributed by atoms with Crippen LogP contribution in [0.2, 0.25) is 0 Å². The van der Waals surface area contributed by atoms with Crippen LogP contribution in [0.3, 0.4) is 0 Å². The smallest absolute Gasteiger partial charge is 0.311 e. The van der Waals surface area contributed by atoms with Gasteiger partial charge in [-0.1, -0.05) is 12.1 Å². The van der Waals surface area contributed by atoms with E-state index in [1.165, 1.54) is 34.9 Å². The summed E-state index contributed by atoms with van der Waals surface area (Å²) in [5, 5.41) is 21.0. The first kappa shape index (κ1) is 18.7. The van der Waals surface area contributed by atoms with E-state index in [1.807, 2.05) is 32.0 Å². The van der Waals surface area contributed by atoms with Crippen LogP contribution in [-0.4, -0.2) is 33.1 Å². The lowest BCUT2D eigenvalue weighted by Crippen LogP contribution is -2.23. The number of thioether (sulfide) groups is 1. The molecule has 1 N–H and O–H groups in total. The van der Waals surface area contributed by atoms with Crippen LogP contribution in [0.4, 0.5) is 11.4 Å². The van der Waals surface area contributed by atoms with Crippen molar-refractivity contribution >= 4 is 40.3 Å². The lowest BCUT2D eigenvalue weighted by molar-refractivity contribution is -0.385. The van der Waals surface area contributed by atoms with Gasteiger partial charge in [0.2, 0.25) is 0 Å². The zero-order chi connectivity index (χ0) is 19.7. The number of hydrogen-bond acceptors (Lipinski definition) is 6. The second-order valence-electron chi connectivity index (χ2n) is 6.14. The maximum Gasteiger partial charge on any atom is 0.311 e. The monoisotopic (exact) mass is 383 g/mol. The van der Waals surface area contributed by atoms with E-state index in [0.717, 1.165) is 16.8 Å². The molecule has 7 nitrogen and oxygen atoms in total. The van der Waals surface area contributed by atoms with Crippen molar-refractivity contribution in [1.82, 2.24) is 4.90 Å². The van der Waals surface area contributed by atoms with E-state index in [1.54, 1.807) is 13.1 Å². The van der Waals surface area contributed by atoms with Crippen molar-refractivity contribution < 1.29 is 14.8 Å². The summed E-state index contributed by atoms with van der Waals surface area (Å²) in [7, 11) is 1.63. The normalized spacial score (nSPS) is 17.1. The van der Waals surface area contributed by atoms with Gasteiger partial charge < -0.3 is 5.11 Å². The predicted molar refractivity (Wildman–Crippen MR) is 106 cm³/mol. The van der Waals surface area contributed by atoms with E-state index < -0.39 is 16.4 Å². The van der Waals surface area contributed by atoms with Gasteiger partial charge in [0.15, 0.2) is 10.9 Å². The molecule has 0 aliphatic carbocycles. The fourth-order valence-electron chi connectivity index (χ4n) is 2.49. The Morgan fingerprint density at radius 1 is 1.19 bits per heavy atom. The number of aromatic hydroxyl groups is 1. The molecule has 0 unspecified atom stereocenters. The first-order valence-electron chi connectivity index (χ1n) is 8.07. The molecule has 27 heavy (non-hydrogen) atoms. The van der Waals surface area contributed by atoms with Crippen molar-refractivity contribution in [3.8, 4) is 5.75 Å². The summed E-state index contributed by atoms with van der Waals surface area (Å²) in [6, 6.07) is 9.80. The van der Waals surface area contributed by atoms with Gasteiger partial charge in [-0.3, -0.25) is 19.8 Å². The summed E-state index contributed by atoms with van der Waals surface area (Å²) < 4.78 is 0. The maximum atomic E-state index is 12.5. The SMILES string of the molecule is Cc1ccc(N=C2S/C(=C\c3ccc(O)c([N+](=O)[O-])c3)C(=O)N2C)cc1C. The molecule has 1 fully saturated rings. The van der Waals surface area contributed by atoms with Gasteiger partial charge in [-0.2, -0.15) is 0 Å². The number of likely N-dealkylation sites (N-methyl/N-ethyl adjacent to an activating group) is 1. The number of hydrogen-bond donors (Lipinski definition) is 1. The van der Waals surface area contributed by atoms with Gasteiger partial charge in [0, 0.05) is 13.1 Å². The number of amidine groups is 1. The molecule has 0 radical (unpaired) electrons. The largest absolute Gasteiger partial charge is 0.502 e. The topological polar surface area (TPSA) is 96.0 Å². The van der Waals surface area contributed by atoms with Crippen molar-refractivity contribution in [1.29, 1.82) is 0 Å². The fourth-order valence-corrected chi connectivity index (χ4v) is 3.47. The van der Waals surface area contributed by atoms with E-state index in [-0.39, 0.29) is 5.91 Å². The van der Waals surface area contributed by atoms with Crippen LogP contribution in [0, 0.1) is 24.0 Å². The van der Waals surface area contributed by atoms with Crippen molar-refractivity contribution in [3.05, 3.63) is 68.1 Å². The van der Waals surface area contributed by atoms with Gasteiger partial charge >= 0.3 is 5.69 Å². The Morgan fingerprint density at radius 3 is 2.59 bits per heavy atom. The third-order valence-corrected chi connectivity index (χ3v) is 5.27. The molecule has 1 heterocycles. The minimum Gasteiger partial charge on any atom is -0.502 e. The van der Waals surface area contributed by atoms with Crippen molar-refractivity contribution in [2.75, 3.05) is 7.05 Å². The highest BCUT2D eigenvalue weighted by Crippen LogP contribution is 2.35. The second-order valence-corrected chi connectivity index (χ2v) is 7.15. The Morgan fingerprint density at radius 2 is 1.93 bits per heavy atom. The highest BCUT2D eigenvalue weighted by molar-refractivity contribution is 8.18. The third kappa shape index (κ3) is 3.85. The zero-order valence-corrected chi connectivity index (χ0v) is 15.8. The highest BCUT2D eigenvalue weighted by Gasteiger charge is 2.30. The molecule has 138 valence electrons. The molecule has 1 saturated heterocycles. The number of phenols is 1. The number of nitrogens with zero attached hydrogens (tertiary/aromatic N) is 3. The quantitative estimate of drug-likeness (QED) is 0.488. The predicted octanol–water partition coefficient (Wildman–Crippen LogP) is 4.15. The first-order valence-corrected chi connectivity index (χ1v) is 8.89. The molecule has 1 aliphatic rings. The number of aliphatic imine (C=N–C) groups is 1. The number of carbonyl (C=O) groups excluding carboxylic acids is 1. The molecule has 0 aromatic heterocycles. The number of phenolic OH excluding ortho intramolecular Hbond substituents is 1. The van der Waals surface area contributed by atoms with Crippen LogP contribution in [0.5, 0.6) is 5.75 Å². The van der Waals surface area contributed by atoms with Gasteiger partial charge in [0.05, 0.1) is 15.5 Å². The average Bonchev–Trinajstić information content (AvgIpc) is 2.87. The van der Waals surface area contributed by atoms with Crippen LogP contribution in [-0.2, 0) is 4.79 Å². The number of rotatable bonds is 3. The fraction of sp³-hybridized carbons (Fsp3) is 0.158. The van der Waals surface area contributed by atoms with Crippen molar-refractivity contribution in [2.45, 2.75) is 13.8 Å². The Hall–Kier alpha value is -3.13. The summed E-state index contributed by atoms with van der Waals surface area (Å²) in [5.74, 6) is -0.653. The van der Waals surface area contributed by atoms with Gasteiger partial charge in [-0.05, 0) is 66.6 Å². The van der Waals surface area contributed by atoms with Crippen LogP contribution in [0.15, 0.2) is 46.3 Å². The summed E-state index contributed by atoms with van der Waals surface area (Å²) in [6.07, 6.45) is 1.55. The molecule has 1 amide bonds. The standard InChI is InChI=1S/C19H17N3O4S/c1-11-4-6-14(8-12(11)2)20-19-21(3)18(24)17(27-19)10-13-5-7-16(23)15(9-13)22(25)26/h4-10,23H,1-3H3/b17-10-,20-19?. The van der Waals surface area contributed by atoms with Crippen LogP contribution < -0.4 is 0 Å². The number of nitro groups is 1. The summed E-state index contributed by atoms with van der Waals surface area (Å²) in [4.78, 5) is 29.2. The Labute approximate surface area is 160 Å². The number of aryl methyl sites for hydroxylation is 2. The Balaban J connectivity index is 1.93. The molecular weight excluding hydrogens is 366 g/mol. The molecule has 0 bridgehead atoms. The maximum absolute atomic E-state index is 12.5. The Kier molecular flexibility index (Phi) is 5.00. The van der Waals surface area contributed by atoms with Crippen molar-refractivity contribution in [3.63, 3.8) is 0 Å². The molecule has 1 aliphatic heterocycles. The number of nitro benzene ring substituents is 1. The van der Waals surface area contributed by atoms with Crippen LogP contribution in [0.1, 0.15) is 16.7 Å². The number of amides is 1. The summed E-state index contributed by atoms with van der Waals surface area (Å²) in [5.41, 5.74) is 3.08. The molecule has 0 spiro atoms. The molecule has 2 aromatic carbocycles. The molecule has 8 heteroatoms. The van der Waals surface area contributed by atoms with Gasteiger partial charge in [-0.25, -0.2) is 4.99 Å². The van der Waals surface area contributed by atoms with Gasteiger partial charge in [0.1, 0.15) is 0 Å². The first-order chi connectivity index (χ1) is 12.8. The van der Waals surface area contributed by atoms with Crippen LogP contribution >= 0.6 is 11.8 Å². The second kappa shape index (κ2) is 7.24. The van der Waals surface area contributed by atoms with E-state index in [9.17, 15) is 20.0 Å². The van der Waals surface area contributed by atoms with E-state index in [2.05, 4.69) is 4.99 Å². The van der Waals surface area contributed by atoms with E-state index in [4.69, 9.17) is 0 Å². The molecule has 0 atom stereocenters. The van der Waals surface area contributed by atoms with Gasteiger partial charge in [-0.15, -0.1) is 0 Å². The zero-order valence-electron chi connectivity index (χ0n) is 15.0. The molecular formula is C19H17N3O4S. The highest BCUT2D eigenvalue weighted by atomic mass is 32.2. The summed E-state index contributed by atoms with van der Waals surface area (Å²) >= 11 is 1.20. The van der Waals surface area contributed by atoms with Crippen molar-refractivity contribution in [2.24, 2.45) is 4.99 Å². The number of carbonyl (C=O) groups is 1. The van der Waals surface area contributed by atoms with E-state index in [0.29, 0.717) is 15.6 Å². The molecule has 3 rings (SSSR count). The van der Waals surface area contributed by atoms with Crippen LogP contribution in [0.25, 0.3) is 6.08 Å². The third-order valence-electron chi connectivity index (χ3n) is 4.21. The lowest BCUT2D eigenvalue weighted by atomic mass is 10.1. The lowest BCUT2D eigenvalue weighted by Gasteiger charge is -2.08. The Bertz CT molecular complexity index is 1010. The average molecular weight is 383 g/mol. The summed E-state index contributed by atoms with van der Waals surface area (Å²) in [6.45, 7) is 4.02. The minimum absolute atomic E-state index is 0.238. The number of benzene rings is 2. The minimum atomic E-state index is -0.667. The molecule has 2 aromatic rings. The van der Waals surface area contributed by atoms with E-state index >= 15 is 0 Å². The molecule has 0 saturated carbocycles. The van der Waals surface area contributed by atoms with Gasteiger partial charge in [0.25, 0.3) is 5.91 Å².